The first-order chi connectivity index (χ1) is 11.2. The van der Waals surface area contributed by atoms with Gasteiger partial charge < -0.3 is 10.1 Å². The summed E-state index contributed by atoms with van der Waals surface area (Å²) in [5.74, 6) is -0.368. The van der Waals surface area contributed by atoms with Gasteiger partial charge in [-0.25, -0.2) is 9.64 Å². The van der Waals surface area contributed by atoms with Gasteiger partial charge in [0.1, 0.15) is 0 Å². The molecule has 2 aromatic carbocycles. The zero-order valence-electron chi connectivity index (χ0n) is 12.4. The molecule has 23 heavy (non-hydrogen) atoms. The van der Waals surface area contributed by atoms with Crippen LogP contribution in [0.25, 0.3) is 15.7 Å². The normalized spacial score (nSPS) is 10.1. The maximum atomic E-state index is 11.4. The molecule has 0 unspecified atom stereocenters. The maximum Gasteiger partial charge on any atom is 0.337 e. The lowest BCUT2D eigenvalue weighted by molar-refractivity contribution is 0.0601. The van der Waals surface area contributed by atoms with E-state index in [1.165, 1.54) is 7.11 Å². The van der Waals surface area contributed by atoms with Gasteiger partial charge in [0, 0.05) is 23.0 Å². The summed E-state index contributed by atoms with van der Waals surface area (Å²) in [5, 5.41) is 4.16. The van der Waals surface area contributed by atoms with Crippen molar-refractivity contribution >= 4 is 33.9 Å². The number of hydrogen-bond acceptors (Lipinski definition) is 4. The summed E-state index contributed by atoms with van der Waals surface area (Å²) in [6.45, 7) is 7.13. The number of carbonyl (C=O) groups excluding carboxylic acids is 1. The molecule has 0 atom stereocenters. The van der Waals surface area contributed by atoms with Crippen LogP contribution in [0.15, 0.2) is 54.7 Å². The zero-order valence-corrected chi connectivity index (χ0v) is 12.4. The second kappa shape index (κ2) is 6.16. The Labute approximate surface area is 133 Å². The number of ether oxygens (including phenoxy) is 1. The minimum atomic E-state index is -0.368. The smallest absolute Gasteiger partial charge is 0.337 e. The van der Waals surface area contributed by atoms with E-state index in [0.29, 0.717) is 11.3 Å². The highest BCUT2D eigenvalue weighted by atomic mass is 16.5. The van der Waals surface area contributed by atoms with Gasteiger partial charge in [-0.15, -0.1) is 0 Å². The van der Waals surface area contributed by atoms with E-state index in [9.17, 15) is 4.79 Å². The minimum absolute atomic E-state index is 0.368. The Balaban J connectivity index is 1.95. The molecule has 3 aromatic rings. The average molecular weight is 303 g/mol. The van der Waals surface area contributed by atoms with Gasteiger partial charge in [0.2, 0.25) is 0 Å². The van der Waals surface area contributed by atoms with E-state index in [4.69, 9.17) is 6.57 Å². The lowest BCUT2D eigenvalue weighted by Gasteiger charge is -2.10. The minimum Gasteiger partial charge on any atom is -0.465 e. The number of pyridine rings is 1. The molecule has 0 saturated heterocycles. The fraction of sp³-hybridized carbons (Fsp3) is 0.0556. The maximum absolute atomic E-state index is 11.4. The molecule has 0 aliphatic heterocycles. The molecule has 0 aliphatic rings. The van der Waals surface area contributed by atoms with Crippen LogP contribution >= 0.6 is 0 Å². The summed E-state index contributed by atoms with van der Waals surface area (Å²) in [5.41, 5.74) is 3.56. The fourth-order valence-corrected chi connectivity index (χ4v) is 2.28. The van der Waals surface area contributed by atoms with E-state index < -0.39 is 0 Å². The molecule has 0 spiro atoms. The Morgan fingerprint density at radius 3 is 2.65 bits per heavy atom. The first kappa shape index (κ1) is 14.5. The number of rotatable bonds is 3. The molecule has 1 N–H and O–H groups in total. The Morgan fingerprint density at radius 2 is 1.96 bits per heavy atom. The molecule has 0 radical (unpaired) electrons. The number of nitrogens with zero attached hydrogens (tertiary/aromatic N) is 2. The summed E-state index contributed by atoms with van der Waals surface area (Å²) < 4.78 is 4.68. The number of anilines is 2. The van der Waals surface area contributed by atoms with Gasteiger partial charge in [0.15, 0.2) is 5.69 Å². The molecule has 1 heterocycles. The van der Waals surface area contributed by atoms with Crippen LogP contribution in [-0.4, -0.2) is 18.1 Å². The van der Waals surface area contributed by atoms with Crippen molar-refractivity contribution < 1.29 is 9.53 Å². The SMILES string of the molecule is [C-]#[N+]c1ccc2nccc(Nc3ccc(C(=O)OC)cc3)c2c1. The van der Waals surface area contributed by atoms with Gasteiger partial charge in [0.25, 0.3) is 0 Å². The fourth-order valence-electron chi connectivity index (χ4n) is 2.28. The number of nitrogens with one attached hydrogen (secondary N) is 1. The Hall–Kier alpha value is -3.39. The molecule has 0 saturated carbocycles. The van der Waals surface area contributed by atoms with E-state index in [2.05, 4.69) is 19.9 Å². The van der Waals surface area contributed by atoms with Crippen LogP contribution in [0.3, 0.4) is 0 Å². The van der Waals surface area contributed by atoms with Crippen LogP contribution in [0.2, 0.25) is 0 Å². The summed E-state index contributed by atoms with van der Waals surface area (Å²) >= 11 is 0. The summed E-state index contributed by atoms with van der Waals surface area (Å²) in [6.07, 6.45) is 1.71. The molecule has 0 fully saturated rings. The van der Waals surface area contributed by atoms with E-state index in [1.54, 1.807) is 42.6 Å². The van der Waals surface area contributed by atoms with E-state index in [-0.39, 0.29) is 5.97 Å². The molecular weight excluding hydrogens is 290 g/mol. The highest BCUT2D eigenvalue weighted by Crippen LogP contribution is 2.28. The van der Waals surface area contributed by atoms with Crippen molar-refractivity contribution in [1.82, 2.24) is 4.98 Å². The third-order valence-electron chi connectivity index (χ3n) is 3.44. The van der Waals surface area contributed by atoms with E-state index >= 15 is 0 Å². The lowest BCUT2D eigenvalue weighted by atomic mass is 10.1. The summed E-state index contributed by atoms with van der Waals surface area (Å²) in [4.78, 5) is 19.2. The van der Waals surface area contributed by atoms with Crippen LogP contribution in [0.4, 0.5) is 17.1 Å². The second-order valence-electron chi connectivity index (χ2n) is 4.87. The van der Waals surface area contributed by atoms with Gasteiger partial charge in [0.05, 0.1) is 24.8 Å². The highest BCUT2D eigenvalue weighted by Gasteiger charge is 2.06. The van der Waals surface area contributed by atoms with Crippen molar-refractivity contribution in [2.24, 2.45) is 0 Å². The number of hydrogen-bond donors (Lipinski definition) is 1. The number of esters is 1. The molecule has 1 aromatic heterocycles. The molecule has 3 rings (SSSR count). The van der Waals surface area contributed by atoms with Crippen molar-refractivity contribution in [1.29, 1.82) is 0 Å². The first-order valence-electron chi connectivity index (χ1n) is 6.93. The van der Waals surface area contributed by atoms with Gasteiger partial charge in [-0.05, 0) is 42.5 Å². The largest absolute Gasteiger partial charge is 0.465 e. The second-order valence-corrected chi connectivity index (χ2v) is 4.87. The van der Waals surface area contributed by atoms with Crippen molar-refractivity contribution in [2.45, 2.75) is 0 Å². The average Bonchev–Trinajstić information content (AvgIpc) is 2.61. The quantitative estimate of drug-likeness (QED) is 0.578. The molecule has 5 heteroatoms. The molecule has 0 bridgehead atoms. The molecule has 0 aliphatic carbocycles. The number of benzene rings is 2. The van der Waals surface area contributed by atoms with Crippen LogP contribution in [0.5, 0.6) is 0 Å². The highest BCUT2D eigenvalue weighted by molar-refractivity contribution is 5.95. The number of methoxy groups -OCH3 is 1. The summed E-state index contributed by atoms with van der Waals surface area (Å²) in [7, 11) is 1.35. The number of aromatic nitrogens is 1. The Bertz CT molecular complexity index is 912. The number of fused-ring (bicyclic) bond motifs is 1. The summed E-state index contributed by atoms with van der Waals surface area (Å²) in [6, 6.07) is 14.2. The van der Waals surface area contributed by atoms with Crippen molar-refractivity contribution in [3.05, 3.63) is 71.7 Å². The van der Waals surface area contributed by atoms with Crippen LogP contribution in [-0.2, 0) is 4.74 Å². The molecule has 112 valence electrons. The van der Waals surface area contributed by atoms with E-state index in [1.807, 2.05) is 12.1 Å². The third kappa shape index (κ3) is 2.97. The van der Waals surface area contributed by atoms with E-state index in [0.717, 1.165) is 22.3 Å². The topological polar surface area (TPSA) is 55.6 Å². The van der Waals surface area contributed by atoms with Gasteiger partial charge in [-0.1, -0.05) is 6.07 Å². The predicted octanol–water partition coefficient (Wildman–Crippen LogP) is 4.32. The molecule has 0 amide bonds. The monoisotopic (exact) mass is 303 g/mol. The number of carbonyl (C=O) groups is 1. The standard InChI is InChI=1S/C18H13N3O2/c1-19-14-7-8-16-15(11-14)17(9-10-20-16)21-13-5-3-12(4-6-13)18(22)23-2/h3-11H,2H3,(H,20,21). The Morgan fingerprint density at radius 1 is 1.17 bits per heavy atom. The van der Waals surface area contributed by atoms with Crippen LogP contribution in [0.1, 0.15) is 10.4 Å². The zero-order chi connectivity index (χ0) is 16.2. The van der Waals surface area contributed by atoms with Crippen molar-refractivity contribution in [3.8, 4) is 0 Å². The predicted molar refractivity (Wildman–Crippen MR) is 89.1 cm³/mol. The first-order valence-corrected chi connectivity index (χ1v) is 6.93. The van der Waals surface area contributed by atoms with Gasteiger partial charge >= 0.3 is 5.97 Å². The van der Waals surface area contributed by atoms with Crippen molar-refractivity contribution in [3.63, 3.8) is 0 Å². The molecule has 5 nitrogen and oxygen atoms in total. The Kier molecular flexibility index (Phi) is 3.89. The van der Waals surface area contributed by atoms with Crippen molar-refractivity contribution in [2.75, 3.05) is 12.4 Å². The molecular formula is C18H13N3O2. The van der Waals surface area contributed by atoms with Gasteiger partial charge in [-0.3, -0.25) is 4.98 Å². The van der Waals surface area contributed by atoms with Crippen LogP contribution < -0.4 is 5.32 Å². The van der Waals surface area contributed by atoms with Crippen LogP contribution in [0, 0.1) is 6.57 Å². The lowest BCUT2D eigenvalue weighted by Crippen LogP contribution is -2.01. The third-order valence-corrected chi connectivity index (χ3v) is 3.44. The van der Waals surface area contributed by atoms with Gasteiger partial charge in [-0.2, -0.15) is 0 Å².